The van der Waals surface area contributed by atoms with Crippen molar-refractivity contribution in [2.75, 3.05) is 25.0 Å². The first kappa shape index (κ1) is 18.4. The van der Waals surface area contributed by atoms with Gasteiger partial charge in [0.05, 0.1) is 18.7 Å². The van der Waals surface area contributed by atoms with Crippen molar-refractivity contribution in [1.29, 1.82) is 5.26 Å². The van der Waals surface area contributed by atoms with Gasteiger partial charge in [0.25, 0.3) is 0 Å². The lowest BCUT2D eigenvalue weighted by Crippen LogP contribution is -2.55. The monoisotopic (exact) mass is 354 g/mol. The average Bonchev–Trinajstić information content (AvgIpc) is 3.48. The molecular formula is C20H26N4O2. The minimum absolute atomic E-state index is 0.0305. The van der Waals surface area contributed by atoms with Crippen molar-refractivity contribution in [3.05, 3.63) is 30.3 Å². The van der Waals surface area contributed by atoms with Crippen molar-refractivity contribution in [3.63, 3.8) is 0 Å². The van der Waals surface area contributed by atoms with Crippen molar-refractivity contribution >= 4 is 17.5 Å². The van der Waals surface area contributed by atoms with Crippen molar-refractivity contribution in [2.45, 2.75) is 44.2 Å². The predicted molar refractivity (Wildman–Crippen MR) is 99.3 cm³/mol. The maximum atomic E-state index is 12.9. The molecule has 1 saturated carbocycles. The van der Waals surface area contributed by atoms with Crippen LogP contribution >= 0.6 is 0 Å². The number of carbonyl (C=O) groups is 2. The van der Waals surface area contributed by atoms with Crippen molar-refractivity contribution in [1.82, 2.24) is 10.2 Å². The van der Waals surface area contributed by atoms with Crippen LogP contribution in [0.1, 0.15) is 32.6 Å². The van der Waals surface area contributed by atoms with Gasteiger partial charge in [0, 0.05) is 12.2 Å². The molecule has 1 N–H and O–H groups in total. The number of benzene rings is 1. The van der Waals surface area contributed by atoms with E-state index >= 15 is 0 Å². The summed E-state index contributed by atoms with van der Waals surface area (Å²) >= 11 is 0. The third-order valence-electron chi connectivity index (χ3n) is 5.43. The lowest BCUT2D eigenvalue weighted by molar-refractivity contribution is -0.128. The number of rotatable bonds is 6. The molecule has 6 nitrogen and oxygen atoms in total. The molecule has 3 rings (SSSR count). The van der Waals surface area contributed by atoms with Crippen molar-refractivity contribution < 1.29 is 9.59 Å². The van der Waals surface area contributed by atoms with E-state index in [1.165, 1.54) is 0 Å². The van der Waals surface area contributed by atoms with E-state index < -0.39 is 5.54 Å². The summed E-state index contributed by atoms with van der Waals surface area (Å²) in [6.07, 6.45) is 3.60. The maximum absolute atomic E-state index is 12.9. The van der Waals surface area contributed by atoms with Crippen LogP contribution in [0.15, 0.2) is 30.3 Å². The summed E-state index contributed by atoms with van der Waals surface area (Å²) < 4.78 is 0. The molecular weight excluding hydrogens is 328 g/mol. The standard InChI is InChI=1S/C20H26N4O2/c1-20(14-21,15-10-11-15)22-18(25)13-23(2)17-9-6-12-24(19(17)26)16-7-4-3-5-8-16/h3-5,7-8,15,17H,6,9-13H2,1-2H3,(H,22,25). The number of likely N-dealkylation sites (N-methyl/N-ethyl adjacent to an activating group) is 1. The largest absolute Gasteiger partial charge is 0.337 e. The Kier molecular flexibility index (Phi) is 5.28. The van der Waals surface area contributed by atoms with Gasteiger partial charge in [0.2, 0.25) is 11.8 Å². The molecule has 1 aliphatic heterocycles. The van der Waals surface area contributed by atoms with Crippen LogP contribution < -0.4 is 10.2 Å². The average molecular weight is 354 g/mol. The van der Waals surface area contributed by atoms with E-state index in [1.807, 2.05) is 30.3 Å². The molecule has 1 heterocycles. The van der Waals surface area contributed by atoms with E-state index in [4.69, 9.17) is 0 Å². The molecule has 6 heteroatoms. The molecule has 0 bridgehead atoms. The zero-order chi connectivity index (χ0) is 18.7. The Morgan fingerprint density at radius 3 is 2.65 bits per heavy atom. The topological polar surface area (TPSA) is 76.4 Å². The number of nitriles is 1. The first-order valence-corrected chi connectivity index (χ1v) is 9.23. The zero-order valence-electron chi connectivity index (χ0n) is 15.4. The number of nitrogens with one attached hydrogen (secondary N) is 1. The zero-order valence-corrected chi connectivity index (χ0v) is 15.4. The molecule has 26 heavy (non-hydrogen) atoms. The van der Waals surface area contributed by atoms with Crippen LogP contribution in [0, 0.1) is 17.2 Å². The van der Waals surface area contributed by atoms with E-state index in [2.05, 4.69) is 11.4 Å². The fraction of sp³-hybridized carbons (Fsp3) is 0.550. The summed E-state index contributed by atoms with van der Waals surface area (Å²) in [5.74, 6) is 0.0720. The van der Waals surface area contributed by atoms with Crippen molar-refractivity contribution in [3.8, 4) is 6.07 Å². The van der Waals surface area contributed by atoms with E-state index in [0.29, 0.717) is 6.54 Å². The molecule has 0 radical (unpaired) electrons. The van der Waals surface area contributed by atoms with Gasteiger partial charge >= 0.3 is 0 Å². The second-order valence-corrected chi connectivity index (χ2v) is 7.54. The molecule has 2 atom stereocenters. The normalized spacial score (nSPS) is 22.6. The van der Waals surface area contributed by atoms with Gasteiger partial charge in [-0.05, 0) is 57.7 Å². The first-order valence-electron chi connectivity index (χ1n) is 9.23. The number of amides is 2. The summed E-state index contributed by atoms with van der Waals surface area (Å²) in [5.41, 5.74) is 0.0933. The Hall–Kier alpha value is -2.39. The lowest BCUT2D eigenvalue weighted by atomic mass is 9.98. The Labute approximate surface area is 154 Å². The van der Waals surface area contributed by atoms with Crippen LogP contribution in [0.2, 0.25) is 0 Å². The Morgan fingerprint density at radius 1 is 1.35 bits per heavy atom. The SMILES string of the molecule is CN(CC(=O)NC(C)(C#N)C1CC1)C1CCCN(c2ccccc2)C1=O. The van der Waals surface area contributed by atoms with Crippen LogP contribution in [-0.2, 0) is 9.59 Å². The highest BCUT2D eigenvalue weighted by Crippen LogP contribution is 2.39. The summed E-state index contributed by atoms with van der Waals surface area (Å²) in [6.45, 7) is 2.60. The number of para-hydroxylation sites is 1. The number of hydrogen-bond donors (Lipinski definition) is 1. The van der Waals surface area contributed by atoms with Crippen LogP contribution in [0.5, 0.6) is 0 Å². The third kappa shape index (κ3) is 3.88. The van der Waals surface area contributed by atoms with Crippen LogP contribution in [-0.4, -0.2) is 48.4 Å². The number of anilines is 1. The second kappa shape index (κ2) is 7.46. The van der Waals surface area contributed by atoms with Gasteiger partial charge in [-0.1, -0.05) is 18.2 Å². The van der Waals surface area contributed by atoms with E-state index in [-0.39, 0.29) is 30.3 Å². The molecule has 1 aromatic rings. The van der Waals surface area contributed by atoms with Crippen LogP contribution in [0.4, 0.5) is 5.69 Å². The van der Waals surface area contributed by atoms with Crippen LogP contribution in [0.25, 0.3) is 0 Å². The van der Waals surface area contributed by atoms with E-state index in [1.54, 1.807) is 23.8 Å². The Balaban J connectivity index is 1.62. The molecule has 0 spiro atoms. The Morgan fingerprint density at radius 2 is 2.04 bits per heavy atom. The molecule has 1 saturated heterocycles. The van der Waals surface area contributed by atoms with E-state index in [9.17, 15) is 14.9 Å². The van der Waals surface area contributed by atoms with Gasteiger partial charge in [-0.15, -0.1) is 0 Å². The third-order valence-corrected chi connectivity index (χ3v) is 5.43. The highest BCUT2D eigenvalue weighted by molar-refractivity contribution is 5.98. The highest BCUT2D eigenvalue weighted by atomic mass is 16.2. The van der Waals surface area contributed by atoms with E-state index in [0.717, 1.165) is 31.4 Å². The molecule has 0 aromatic heterocycles. The summed E-state index contributed by atoms with van der Waals surface area (Å²) in [5, 5.41) is 12.3. The number of carbonyl (C=O) groups excluding carboxylic acids is 2. The fourth-order valence-corrected chi connectivity index (χ4v) is 3.68. The van der Waals surface area contributed by atoms with Gasteiger partial charge in [-0.25, -0.2) is 0 Å². The molecule has 2 unspecified atom stereocenters. The minimum atomic E-state index is -0.801. The number of piperidine rings is 1. The molecule has 1 aromatic carbocycles. The molecule has 2 aliphatic rings. The van der Waals surface area contributed by atoms with Gasteiger partial charge < -0.3 is 10.2 Å². The summed E-state index contributed by atoms with van der Waals surface area (Å²) in [7, 11) is 1.80. The van der Waals surface area contributed by atoms with Gasteiger partial charge in [0.1, 0.15) is 5.54 Å². The van der Waals surface area contributed by atoms with Crippen molar-refractivity contribution in [2.24, 2.45) is 5.92 Å². The lowest BCUT2D eigenvalue weighted by Gasteiger charge is -2.37. The minimum Gasteiger partial charge on any atom is -0.337 e. The smallest absolute Gasteiger partial charge is 0.244 e. The number of nitrogens with zero attached hydrogens (tertiary/aromatic N) is 3. The number of hydrogen-bond acceptors (Lipinski definition) is 4. The fourth-order valence-electron chi connectivity index (χ4n) is 3.68. The summed E-state index contributed by atoms with van der Waals surface area (Å²) in [6, 6.07) is 11.6. The molecule has 138 valence electrons. The second-order valence-electron chi connectivity index (χ2n) is 7.54. The molecule has 2 fully saturated rings. The quantitative estimate of drug-likeness (QED) is 0.847. The molecule has 1 aliphatic carbocycles. The maximum Gasteiger partial charge on any atom is 0.244 e. The van der Waals surface area contributed by atoms with Crippen LogP contribution in [0.3, 0.4) is 0 Å². The first-order chi connectivity index (χ1) is 12.4. The van der Waals surface area contributed by atoms with Gasteiger partial charge in [-0.2, -0.15) is 5.26 Å². The highest BCUT2D eigenvalue weighted by Gasteiger charge is 2.43. The van der Waals surface area contributed by atoms with Gasteiger partial charge in [0.15, 0.2) is 0 Å². The summed E-state index contributed by atoms with van der Waals surface area (Å²) in [4.78, 5) is 28.9. The molecule has 2 amide bonds. The van der Waals surface area contributed by atoms with Gasteiger partial charge in [-0.3, -0.25) is 14.5 Å². The predicted octanol–water partition coefficient (Wildman–Crippen LogP) is 1.92. The Bertz CT molecular complexity index is 710.